The number of nitrogens with zero attached hydrogens (tertiary/aromatic N) is 1. The van der Waals surface area contributed by atoms with Gasteiger partial charge in [0, 0.05) is 18.7 Å². The van der Waals surface area contributed by atoms with Crippen LogP contribution in [0.5, 0.6) is 0 Å². The Kier molecular flexibility index (Phi) is 8.71. The molecule has 2 N–H and O–H groups in total. The maximum atomic E-state index is 11.9. The minimum absolute atomic E-state index is 0.0556. The number of nitrogens with one attached hydrogen (secondary N) is 1. The molecule has 21 heavy (non-hydrogen) atoms. The quantitative estimate of drug-likeness (QED) is 0.697. The van der Waals surface area contributed by atoms with E-state index < -0.39 is 0 Å². The minimum atomic E-state index is 0.0556. The van der Waals surface area contributed by atoms with Crippen molar-refractivity contribution < 1.29 is 9.90 Å². The molecule has 4 nitrogen and oxygen atoms in total. The molecule has 0 heterocycles. The van der Waals surface area contributed by atoms with E-state index in [0.717, 1.165) is 43.6 Å². The van der Waals surface area contributed by atoms with Crippen molar-refractivity contribution >= 4 is 11.6 Å². The molecule has 1 aromatic carbocycles. The van der Waals surface area contributed by atoms with Gasteiger partial charge in [-0.25, -0.2) is 0 Å². The highest BCUT2D eigenvalue weighted by molar-refractivity contribution is 5.90. The molecular weight excluding hydrogens is 264 g/mol. The molecule has 0 saturated carbocycles. The Morgan fingerprint density at radius 3 is 2.67 bits per heavy atom. The molecule has 0 unspecified atom stereocenters. The maximum Gasteiger partial charge on any atom is 0.224 e. The first-order valence-corrected chi connectivity index (χ1v) is 7.85. The number of hydrogen-bond donors (Lipinski definition) is 2. The molecule has 118 valence electrons. The molecule has 1 amide bonds. The van der Waals surface area contributed by atoms with Crippen LogP contribution in [0.4, 0.5) is 5.69 Å². The molecule has 0 aliphatic rings. The van der Waals surface area contributed by atoms with E-state index >= 15 is 0 Å². The molecule has 0 spiro atoms. The second kappa shape index (κ2) is 10.4. The highest BCUT2D eigenvalue weighted by Crippen LogP contribution is 2.10. The van der Waals surface area contributed by atoms with E-state index in [2.05, 4.69) is 17.1 Å². The summed E-state index contributed by atoms with van der Waals surface area (Å²) in [6.45, 7) is 6.90. The van der Waals surface area contributed by atoms with Gasteiger partial charge >= 0.3 is 0 Å². The molecule has 0 bridgehead atoms. The second-order valence-corrected chi connectivity index (χ2v) is 5.44. The number of rotatable bonds is 10. The zero-order chi connectivity index (χ0) is 15.5. The van der Waals surface area contributed by atoms with Gasteiger partial charge in [0.25, 0.3) is 0 Å². The topological polar surface area (TPSA) is 52.6 Å². The molecule has 1 aromatic rings. The normalized spacial score (nSPS) is 10.9. The number of carbonyl (C=O) groups excluding carboxylic acids is 1. The Bertz CT molecular complexity index is 421. The summed E-state index contributed by atoms with van der Waals surface area (Å²) in [7, 11) is 0. The fourth-order valence-corrected chi connectivity index (χ4v) is 2.27. The smallest absolute Gasteiger partial charge is 0.224 e. The van der Waals surface area contributed by atoms with Crippen LogP contribution in [-0.4, -0.2) is 42.2 Å². The van der Waals surface area contributed by atoms with Crippen LogP contribution in [0.15, 0.2) is 24.3 Å². The van der Waals surface area contributed by atoms with Crippen LogP contribution >= 0.6 is 0 Å². The molecule has 0 radical (unpaired) electrons. The van der Waals surface area contributed by atoms with Crippen LogP contribution < -0.4 is 5.32 Å². The highest BCUT2D eigenvalue weighted by Gasteiger charge is 2.06. The summed E-state index contributed by atoms with van der Waals surface area (Å²) in [5.74, 6) is 0.0556. The van der Waals surface area contributed by atoms with Crippen LogP contribution in [0.1, 0.15) is 38.2 Å². The van der Waals surface area contributed by atoms with Crippen molar-refractivity contribution in [2.75, 3.05) is 31.6 Å². The standard InChI is InChI=1S/C17H28N2O2/c1-3-4-10-19(12-13-20)11-6-9-17(21)18-16-8-5-7-15(2)14-16/h5,7-8,14,20H,3-4,6,9-13H2,1-2H3,(H,18,21). The molecule has 0 aromatic heterocycles. The molecule has 0 fully saturated rings. The third-order valence-corrected chi connectivity index (χ3v) is 3.42. The average Bonchev–Trinajstić information content (AvgIpc) is 2.44. The van der Waals surface area contributed by atoms with Gasteiger partial charge < -0.3 is 15.3 Å². The van der Waals surface area contributed by atoms with Crippen molar-refractivity contribution in [1.29, 1.82) is 0 Å². The summed E-state index contributed by atoms with van der Waals surface area (Å²) in [6, 6.07) is 7.83. The molecule has 0 atom stereocenters. The van der Waals surface area contributed by atoms with Gasteiger partial charge in [0.05, 0.1) is 6.61 Å². The van der Waals surface area contributed by atoms with Crippen LogP contribution in [0.25, 0.3) is 0 Å². The number of amides is 1. The third kappa shape index (κ3) is 7.83. The molecule has 0 saturated heterocycles. The predicted molar refractivity (Wildman–Crippen MR) is 87.5 cm³/mol. The van der Waals surface area contributed by atoms with E-state index in [0.29, 0.717) is 13.0 Å². The monoisotopic (exact) mass is 292 g/mol. The van der Waals surface area contributed by atoms with E-state index in [1.54, 1.807) is 0 Å². The van der Waals surface area contributed by atoms with E-state index in [1.807, 2.05) is 31.2 Å². The minimum Gasteiger partial charge on any atom is -0.395 e. The fraction of sp³-hybridized carbons (Fsp3) is 0.588. The van der Waals surface area contributed by atoms with Crippen molar-refractivity contribution in [1.82, 2.24) is 4.90 Å². The van der Waals surface area contributed by atoms with Crippen LogP contribution in [0.3, 0.4) is 0 Å². The second-order valence-electron chi connectivity index (χ2n) is 5.44. The first-order valence-electron chi connectivity index (χ1n) is 7.85. The summed E-state index contributed by atoms with van der Waals surface area (Å²) >= 11 is 0. The van der Waals surface area contributed by atoms with Crippen molar-refractivity contribution in [3.05, 3.63) is 29.8 Å². The zero-order valence-corrected chi connectivity index (χ0v) is 13.3. The molecule has 0 aliphatic carbocycles. The van der Waals surface area contributed by atoms with E-state index in [1.165, 1.54) is 0 Å². The maximum absolute atomic E-state index is 11.9. The van der Waals surface area contributed by atoms with Crippen LogP contribution in [0.2, 0.25) is 0 Å². The Balaban J connectivity index is 2.28. The van der Waals surface area contributed by atoms with Crippen LogP contribution in [-0.2, 0) is 4.79 Å². The number of anilines is 1. The number of aliphatic hydroxyl groups excluding tert-OH is 1. The summed E-state index contributed by atoms with van der Waals surface area (Å²) in [5, 5.41) is 12.0. The summed E-state index contributed by atoms with van der Waals surface area (Å²) in [5.41, 5.74) is 2.00. The average molecular weight is 292 g/mol. The van der Waals surface area contributed by atoms with E-state index in [9.17, 15) is 4.79 Å². The number of unbranched alkanes of at least 4 members (excludes halogenated alkanes) is 1. The first kappa shape index (κ1) is 17.7. The SMILES string of the molecule is CCCCN(CCO)CCCC(=O)Nc1cccc(C)c1. The zero-order valence-electron chi connectivity index (χ0n) is 13.3. The Morgan fingerprint density at radius 1 is 1.24 bits per heavy atom. The van der Waals surface area contributed by atoms with Gasteiger partial charge in [-0.15, -0.1) is 0 Å². The van der Waals surface area contributed by atoms with Gasteiger partial charge in [-0.05, 0) is 50.6 Å². The van der Waals surface area contributed by atoms with E-state index in [4.69, 9.17) is 5.11 Å². The van der Waals surface area contributed by atoms with Gasteiger partial charge in [-0.2, -0.15) is 0 Å². The lowest BCUT2D eigenvalue weighted by molar-refractivity contribution is -0.116. The lowest BCUT2D eigenvalue weighted by Gasteiger charge is -2.20. The Labute approximate surface area is 128 Å². The Hall–Kier alpha value is -1.39. The van der Waals surface area contributed by atoms with E-state index in [-0.39, 0.29) is 12.5 Å². The predicted octanol–water partition coefficient (Wildman–Crippen LogP) is 2.81. The van der Waals surface area contributed by atoms with Crippen LogP contribution in [0, 0.1) is 6.92 Å². The van der Waals surface area contributed by atoms with Gasteiger partial charge in [0.2, 0.25) is 5.91 Å². The number of carbonyl (C=O) groups is 1. The van der Waals surface area contributed by atoms with Crippen molar-refractivity contribution in [2.45, 2.75) is 39.5 Å². The van der Waals surface area contributed by atoms with Gasteiger partial charge in [-0.1, -0.05) is 25.5 Å². The number of hydrogen-bond acceptors (Lipinski definition) is 3. The van der Waals surface area contributed by atoms with Crippen molar-refractivity contribution in [2.24, 2.45) is 0 Å². The molecule has 4 heteroatoms. The number of aliphatic hydroxyl groups is 1. The Morgan fingerprint density at radius 2 is 2.00 bits per heavy atom. The largest absolute Gasteiger partial charge is 0.395 e. The fourth-order valence-electron chi connectivity index (χ4n) is 2.27. The molecule has 0 aliphatic heterocycles. The molecular formula is C17H28N2O2. The van der Waals surface area contributed by atoms with Gasteiger partial charge in [0.15, 0.2) is 0 Å². The summed E-state index contributed by atoms with van der Waals surface area (Å²) < 4.78 is 0. The summed E-state index contributed by atoms with van der Waals surface area (Å²) in [6.07, 6.45) is 3.62. The van der Waals surface area contributed by atoms with Crippen molar-refractivity contribution in [3.63, 3.8) is 0 Å². The molecule has 1 rings (SSSR count). The van der Waals surface area contributed by atoms with Gasteiger partial charge in [0.1, 0.15) is 0 Å². The number of aryl methyl sites for hydroxylation is 1. The highest BCUT2D eigenvalue weighted by atomic mass is 16.3. The van der Waals surface area contributed by atoms with Crippen molar-refractivity contribution in [3.8, 4) is 0 Å². The lowest BCUT2D eigenvalue weighted by Crippen LogP contribution is -2.29. The lowest BCUT2D eigenvalue weighted by atomic mass is 10.2. The number of benzene rings is 1. The third-order valence-electron chi connectivity index (χ3n) is 3.42. The summed E-state index contributed by atoms with van der Waals surface area (Å²) in [4.78, 5) is 14.1. The first-order chi connectivity index (χ1) is 10.2. The van der Waals surface area contributed by atoms with Gasteiger partial charge in [-0.3, -0.25) is 4.79 Å².